The van der Waals surface area contributed by atoms with E-state index in [-0.39, 0.29) is 24.2 Å². The number of amides is 1. The Hall–Kier alpha value is -2.17. The molecule has 2 saturated heterocycles. The van der Waals surface area contributed by atoms with Crippen molar-refractivity contribution >= 4 is 5.91 Å². The van der Waals surface area contributed by atoms with Gasteiger partial charge in [0, 0.05) is 0 Å². The van der Waals surface area contributed by atoms with Gasteiger partial charge in [-0.15, -0.1) is 0 Å². The first kappa shape index (κ1) is 13.5. The minimum absolute atomic E-state index is 0.0141. The smallest absolute Gasteiger partial charge is 0.257 e. The highest BCUT2D eigenvalue weighted by Gasteiger charge is 2.50. The fourth-order valence-corrected chi connectivity index (χ4v) is 2.97. The van der Waals surface area contributed by atoms with Crippen molar-refractivity contribution in [3.8, 4) is 0 Å². The van der Waals surface area contributed by atoms with Crippen molar-refractivity contribution in [2.75, 3.05) is 13.3 Å². The third-order valence-corrected chi connectivity index (χ3v) is 4.21. The summed E-state index contributed by atoms with van der Waals surface area (Å²) < 4.78 is 11.1. The van der Waals surface area contributed by atoms with Crippen LogP contribution in [0.25, 0.3) is 0 Å². The van der Waals surface area contributed by atoms with E-state index in [0.29, 0.717) is 13.3 Å². The second-order valence-electron chi connectivity index (χ2n) is 5.62. The van der Waals surface area contributed by atoms with Crippen LogP contribution in [0.5, 0.6) is 0 Å². The molecule has 0 aliphatic carbocycles. The zero-order valence-corrected chi connectivity index (χ0v) is 12.1. The average Bonchev–Trinajstić information content (AvgIpc) is 3.24. The molecule has 2 aliphatic rings. The highest BCUT2D eigenvalue weighted by molar-refractivity contribution is 5.84. The Labute approximate surface area is 129 Å². The molecule has 112 valence electrons. The number of carbonyl (C=O) groups is 1. The van der Waals surface area contributed by atoms with Crippen LogP contribution in [0.2, 0.25) is 0 Å². The maximum absolute atomic E-state index is 12.7. The summed E-state index contributed by atoms with van der Waals surface area (Å²) in [5.41, 5.74) is 2.16. The zero-order valence-electron chi connectivity index (χ0n) is 12.1. The monoisotopic (exact) mass is 295 g/mol. The normalized spacial score (nSPS) is 26.9. The molecule has 0 aromatic heterocycles. The van der Waals surface area contributed by atoms with Crippen LogP contribution in [0, 0.1) is 0 Å². The molecule has 0 bridgehead atoms. The van der Waals surface area contributed by atoms with E-state index in [1.807, 2.05) is 60.7 Å². The molecule has 2 heterocycles. The number of hydrogen-bond acceptors (Lipinski definition) is 3. The molecule has 0 saturated carbocycles. The molecular formula is C18H17NO3. The van der Waals surface area contributed by atoms with Crippen molar-refractivity contribution in [3.63, 3.8) is 0 Å². The highest BCUT2D eigenvalue weighted by atomic mass is 16.6. The van der Waals surface area contributed by atoms with Crippen molar-refractivity contribution in [1.29, 1.82) is 0 Å². The first-order valence-corrected chi connectivity index (χ1v) is 7.48. The molecule has 0 N–H and O–H groups in total. The second-order valence-corrected chi connectivity index (χ2v) is 5.62. The Balaban J connectivity index is 1.49. The number of carbonyl (C=O) groups excluding carboxylic acids is 1. The predicted octanol–water partition coefficient (Wildman–Crippen LogP) is 2.68. The van der Waals surface area contributed by atoms with E-state index < -0.39 is 0 Å². The Morgan fingerprint density at radius 2 is 1.59 bits per heavy atom. The third kappa shape index (κ3) is 2.40. The zero-order chi connectivity index (χ0) is 14.9. The summed E-state index contributed by atoms with van der Waals surface area (Å²) >= 11 is 0. The first-order chi connectivity index (χ1) is 10.8. The Kier molecular flexibility index (Phi) is 3.41. The largest absolute Gasteiger partial charge is 0.359 e. The Morgan fingerprint density at radius 1 is 0.955 bits per heavy atom. The number of hydrogen-bond donors (Lipinski definition) is 0. The Bertz CT molecular complexity index is 659. The van der Waals surface area contributed by atoms with E-state index in [1.165, 1.54) is 0 Å². The number of benzene rings is 2. The van der Waals surface area contributed by atoms with E-state index in [0.717, 1.165) is 11.1 Å². The van der Waals surface area contributed by atoms with E-state index in [2.05, 4.69) is 0 Å². The lowest BCUT2D eigenvalue weighted by atomic mass is 10.1. The minimum Gasteiger partial charge on any atom is -0.359 e. The van der Waals surface area contributed by atoms with Gasteiger partial charge in [0.15, 0.2) is 6.10 Å². The summed E-state index contributed by atoms with van der Waals surface area (Å²) in [6.07, 6.45) is -0.499. The molecule has 0 spiro atoms. The average molecular weight is 295 g/mol. The van der Waals surface area contributed by atoms with E-state index in [4.69, 9.17) is 9.47 Å². The highest BCUT2D eigenvalue weighted by Crippen LogP contribution is 2.41. The Morgan fingerprint density at radius 3 is 2.27 bits per heavy atom. The first-order valence-electron chi connectivity index (χ1n) is 7.48. The van der Waals surface area contributed by atoms with Gasteiger partial charge >= 0.3 is 0 Å². The van der Waals surface area contributed by atoms with Crippen molar-refractivity contribution < 1.29 is 14.3 Å². The van der Waals surface area contributed by atoms with E-state index in [9.17, 15) is 4.79 Å². The summed E-state index contributed by atoms with van der Waals surface area (Å²) in [4.78, 5) is 14.5. The van der Waals surface area contributed by atoms with Crippen molar-refractivity contribution in [2.45, 2.75) is 18.2 Å². The fourth-order valence-electron chi connectivity index (χ4n) is 2.97. The van der Waals surface area contributed by atoms with Gasteiger partial charge in [-0.05, 0) is 11.1 Å². The van der Waals surface area contributed by atoms with Gasteiger partial charge in [0.2, 0.25) is 0 Å². The molecule has 2 unspecified atom stereocenters. The van der Waals surface area contributed by atoms with Crippen LogP contribution in [-0.2, 0) is 14.3 Å². The van der Waals surface area contributed by atoms with Gasteiger partial charge in [0.1, 0.15) is 12.8 Å². The number of ether oxygens (including phenoxy) is 2. The van der Waals surface area contributed by atoms with Crippen LogP contribution in [0.1, 0.15) is 23.3 Å². The van der Waals surface area contributed by atoms with Crippen LogP contribution >= 0.6 is 0 Å². The van der Waals surface area contributed by atoms with E-state index in [1.54, 1.807) is 4.90 Å². The quantitative estimate of drug-likeness (QED) is 0.818. The van der Waals surface area contributed by atoms with Gasteiger partial charge in [-0.1, -0.05) is 60.7 Å². The summed E-state index contributed by atoms with van der Waals surface area (Å²) in [5, 5.41) is 0. The van der Waals surface area contributed by atoms with Crippen LogP contribution < -0.4 is 0 Å². The number of nitrogens with zero attached hydrogens (tertiary/aromatic N) is 1. The molecule has 4 heteroatoms. The maximum Gasteiger partial charge on any atom is 0.257 e. The van der Waals surface area contributed by atoms with E-state index >= 15 is 0 Å². The lowest BCUT2D eigenvalue weighted by molar-refractivity contribution is -0.134. The summed E-state index contributed by atoms with van der Waals surface area (Å²) in [6.45, 7) is 0.873. The van der Waals surface area contributed by atoms with Gasteiger partial charge in [0.05, 0.1) is 12.6 Å². The molecule has 1 amide bonds. The summed E-state index contributed by atoms with van der Waals surface area (Å²) in [5.74, 6) is 0.0141. The van der Waals surface area contributed by atoms with Gasteiger partial charge < -0.3 is 14.4 Å². The SMILES string of the molecule is O=C(C1OC1c1ccccc1)N1COC[C@H]1c1ccccc1. The molecule has 4 rings (SSSR count). The topological polar surface area (TPSA) is 42.1 Å². The lowest BCUT2D eigenvalue weighted by Crippen LogP contribution is -2.34. The molecule has 2 aromatic rings. The second kappa shape index (κ2) is 5.55. The molecule has 3 atom stereocenters. The summed E-state index contributed by atoms with van der Waals surface area (Å²) in [7, 11) is 0. The fraction of sp³-hybridized carbons (Fsp3) is 0.278. The van der Waals surface area contributed by atoms with Gasteiger partial charge in [-0.2, -0.15) is 0 Å². The summed E-state index contributed by atoms with van der Waals surface area (Å²) in [6, 6.07) is 19.9. The van der Waals surface area contributed by atoms with Gasteiger partial charge in [0.25, 0.3) is 5.91 Å². The molecule has 2 aromatic carbocycles. The molecule has 4 nitrogen and oxygen atoms in total. The van der Waals surface area contributed by atoms with Crippen molar-refractivity contribution in [1.82, 2.24) is 4.90 Å². The number of rotatable bonds is 3. The maximum atomic E-state index is 12.7. The van der Waals surface area contributed by atoms with Crippen LogP contribution in [0.15, 0.2) is 60.7 Å². The predicted molar refractivity (Wildman–Crippen MR) is 80.9 cm³/mol. The molecule has 0 radical (unpaired) electrons. The van der Waals surface area contributed by atoms with Crippen LogP contribution in [-0.4, -0.2) is 30.2 Å². The molecular weight excluding hydrogens is 278 g/mol. The minimum atomic E-state index is -0.379. The number of epoxide rings is 1. The van der Waals surface area contributed by atoms with Crippen LogP contribution in [0.4, 0.5) is 0 Å². The van der Waals surface area contributed by atoms with Crippen molar-refractivity contribution in [3.05, 3.63) is 71.8 Å². The van der Waals surface area contributed by atoms with Gasteiger partial charge in [-0.3, -0.25) is 4.79 Å². The molecule has 2 aliphatic heterocycles. The van der Waals surface area contributed by atoms with Crippen LogP contribution in [0.3, 0.4) is 0 Å². The van der Waals surface area contributed by atoms with Gasteiger partial charge in [-0.25, -0.2) is 0 Å². The lowest BCUT2D eigenvalue weighted by Gasteiger charge is -2.22. The molecule has 2 fully saturated rings. The molecule has 22 heavy (non-hydrogen) atoms. The third-order valence-electron chi connectivity index (χ3n) is 4.21. The standard InChI is InChI=1S/C18H17NO3/c20-18(17-16(22-17)14-9-5-2-6-10-14)19-12-21-11-15(19)13-7-3-1-4-8-13/h1-10,15-17H,11-12H2/t15-,16?,17?/m0/s1. The van der Waals surface area contributed by atoms with Crippen molar-refractivity contribution in [2.24, 2.45) is 0 Å².